The van der Waals surface area contributed by atoms with Crippen molar-refractivity contribution in [1.29, 1.82) is 5.26 Å². The van der Waals surface area contributed by atoms with E-state index in [1.54, 1.807) is 12.1 Å². The molecule has 0 bridgehead atoms. The van der Waals surface area contributed by atoms with Gasteiger partial charge in [0.1, 0.15) is 5.76 Å². The third-order valence-electron chi connectivity index (χ3n) is 7.58. The van der Waals surface area contributed by atoms with Gasteiger partial charge in [0, 0.05) is 42.4 Å². The molecule has 4 rings (SSSR count). The molecule has 1 aliphatic carbocycles. The van der Waals surface area contributed by atoms with Crippen molar-refractivity contribution in [2.45, 2.75) is 59.0 Å². The molecule has 10 heteroatoms. The molecule has 0 saturated carbocycles. The molecule has 2 aromatic rings. The highest BCUT2D eigenvalue weighted by Crippen LogP contribution is 2.37. The molecule has 0 amide bonds. The van der Waals surface area contributed by atoms with Crippen LogP contribution in [0.5, 0.6) is 0 Å². The van der Waals surface area contributed by atoms with Gasteiger partial charge in [0.15, 0.2) is 0 Å². The Labute approximate surface area is 230 Å². The molecule has 3 unspecified atom stereocenters. The standard InChI is InChI=1S/C29H39N7O3/c1-4-29(3)16-26(27(37)15-28(29)38)22(2)32-33-36(19-24-7-5-23(17-30)6-8-24)21-25-18-31-35(20-25)10-9-34-11-13-39-14-12-34/h5-8,15-16,18,20,22,28,37-38H,4,9-14,19,21H2,1-3H3. The van der Waals surface area contributed by atoms with Crippen LogP contribution in [0, 0.1) is 16.7 Å². The van der Waals surface area contributed by atoms with Crippen LogP contribution in [0.1, 0.15) is 43.9 Å². The van der Waals surface area contributed by atoms with Gasteiger partial charge in [-0.15, -0.1) is 0 Å². The summed E-state index contributed by atoms with van der Waals surface area (Å²) < 4.78 is 7.39. The SMILES string of the molecule is CCC1(C)C=C(C(C)N=NN(Cc2ccc(C#N)cc2)Cc2cnn(CCN3CCOCC3)c2)C(O)=CC1O. The number of aromatic nitrogens is 2. The summed E-state index contributed by atoms with van der Waals surface area (Å²) in [6.45, 7) is 12.0. The summed E-state index contributed by atoms with van der Waals surface area (Å²) in [5, 5.41) is 45.6. The Morgan fingerprint density at radius 3 is 2.62 bits per heavy atom. The van der Waals surface area contributed by atoms with Crippen LogP contribution in [0.15, 0.2) is 70.5 Å². The van der Waals surface area contributed by atoms with Crippen LogP contribution in [0.2, 0.25) is 0 Å². The summed E-state index contributed by atoms with van der Waals surface area (Å²) in [4.78, 5) is 2.38. The van der Waals surface area contributed by atoms with Gasteiger partial charge in [-0.3, -0.25) is 14.6 Å². The van der Waals surface area contributed by atoms with Crippen molar-refractivity contribution in [2.75, 3.05) is 32.8 Å². The number of rotatable bonds is 11. The van der Waals surface area contributed by atoms with Crippen LogP contribution >= 0.6 is 0 Å². The molecule has 10 nitrogen and oxygen atoms in total. The smallest absolute Gasteiger partial charge is 0.119 e. The first kappa shape index (κ1) is 28.5. The van der Waals surface area contributed by atoms with Gasteiger partial charge in [0.25, 0.3) is 0 Å². The largest absolute Gasteiger partial charge is 0.508 e. The molecule has 1 aliphatic heterocycles. The highest BCUT2D eigenvalue weighted by atomic mass is 16.5. The number of morpholine rings is 1. The fraction of sp³-hybridized carbons (Fsp3) is 0.517. The van der Waals surface area contributed by atoms with Gasteiger partial charge >= 0.3 is 0 Å². The molecule has 208 valence electrons. The van der Waals surface area contributed by atoms with Crippen molar-refractivity contribution in [3.63, 3.8) is 0 Å². The zero-order valence-electron chi connectivity index (χ0n) is 23.1. The third-order valence-corrected chi connectivity index (χ3v) is 7.58. The fourth-order valence-corrected chi connectivity index (χ4v) is 4.71. The Bertz CT molecular complexity index is 1220. The second kappa shape index (κ2) is 13.0. The van der Waals surface area contributed by atoms with Crippen molar-refractivity contribution in [3.8, 4) is 6.07 Å². The molecular weight excluding hydrogens is 494 g/mol. The topological polar surface area (TPSA) is 122 Å². The molecule has 1 fully saturated rings. The Balaban J connectivity index is 1.47. The zero-order chi connectivity index (χ0) is 27.8. The maximum Gasteiger partial charge on any atom is 0.119 e. The van der Waals surface area contributed by atoms with Crippen molar-refractivity contribution in [3.05, 3.63) is 76.8 Å². The second-order valence-electron chi connectivity index (χ2n) is 10.5. The molecule has 1 saturated heterocycles. The van der Waals surface area contributed by atoms with Gasteiger partial charge in [-0.1, -0.05) is 37.3 Å². The molecule has 2 aliphatic rings. The molecule has 1 aromatic heterocycles. The Morgan fingerprint density at radius 1 is 1.21 bits per heavy atom. The lowest BCUT2D eigenvalue weighted by Gasteiger charge is -2.34. The minimum atomic E-state index is -0.747. The molecule has 2 N–H and O–H groups in total. The average Bonchev–Trinajstić information content (AvgIpc) is 3.40. The predicted molar refractivity (Wildman–Crippen MR) is 147 cm³/mol. The number of nitrogens with zero attached hydrogens (tertiary/aromatic N) is 7. The summed E-state index contributed by atoms with van der Waals surface area (Å²) >= 11 is 0. The molecular formula is C29H39N7O3. The number of hydrogen-bond acceptors (Lipinski definition) is 8. The first-order valence-corrected chi connectivity index (χ1v) is 13.6. The van der Waals surface area contributed by atoms with Gasteiger partial charge in [0.2, 0.25) is 0 Å². The van der Waals surface area contributed by atoms with E-state index in [-0.39, 0.29) is 5.76 Å². The number of ether oxygens (including phenoxy) is 1. The van der Waals surface area contributed by atoms with Gasteiger partial charge in [-0.2, -0.15) is 15.5 Å². The highest BCUT2D eigenvalue weighted by Gasteiger charge is 2.34. The quantitative estimate of drug-likeness (QED) is 0.331. The summed E-state index contributed by atoms with van der Waals surface area (Å²) in [6, 6.07) is 9.18. The first-order valence-electron chi connectivity index (χ1n) is 13.6. The van der Waals surface area contributed by atoms with Gasteiger partial charge in [-0.05, 0) is 37.1 Å². The van der Waals surface area contributed by atoms with E-state index in [9.17, 15) is 10.2 Å². The molecule has 1 aromatic carbocycles. The van der Waals surface area contributed by atoms with Gasteiger partial charge in [-0.25, -0.2) is 0 Å². The van der Waals surface area contributed by atoms with Crippen LogP contribution in [0.25, 0.3) is 0 Å². The second-order valence-corrected chi connectivity index (χ2v) is 10.5. The van der Waals surface area contributed by atoms with Gasteiger partial charge < -0.3 is 14.9 Å². The van der Waals surface area contributed by atoms with Crippen LogP contribution in [-0.4, -0.2) is 74.9 Å². The van der Waals surface area contributed by atoms with Crippen molar-refractivity contribution < 1.29 is 14.9 Å². The molecule has 0 spiro atoms. The first-order chi connectivity index (χ1) is 18.8. The molecule has 2 heterocycles. The highest BCUT2D eigenvalue weighted by molar-refractivity contribution is 5.37. The van der Waals surface area contributed by atoms with E-state index in [1.807, 2.05) is 61.1 Å². The lowest BCUT2D eigenvalue weighted by molar-refractivity contribution is 0.0359. The van der Waals surface area contributed by atoms with E-state index < -0.39 is 17.6 Å². The van der Waals surface area contributed by atoms with E-state index in [4.69, 9.17) is 10.00 Å². The lowest BCUT2D eigenvalue weighted by Crippen LogP contribution is -2.38. The van der Waals surface area contributed by atoms with E-state index in [0.717, 1.165) is 56.9 Å². The van der Waals surface area contributed by atoms with E-state index in [0.29, 0.717) is 24.2 Å². The van der Waals surface area contributed by atoms with Gasteiger partial charge in [0.05, 0.1) is 62.8 Å². The van der Waals surface area contributed by atoms with Crippen molar-refractivity contribution in [1.82, 2.24) is 19.7 Å². The van der Waals surface area contributed by atoms with Crippen LogP contribution < -0.4 is 0 Å². The summed E-state index contributed by atoms with van der Waals surface area (Å²) in [5.41, 5.74) is 2.81. The summed E-state index contributed by atoms with van der Waals surface area (Å²) in [5.74, 6) is 0.0417. The van der Waals surface area contributed by atoms with E-state index in [1.165, 1.54) is 6.08 Å². The maximum absolute atomic E-state index is 10.5. The number of aliphatic hydroxyl groups excluding tert-OH is 2. The predicted octanol–water partition coefficient (Wildman–Crippen LogP) is 4.00. The Morgan fingerprint density at radius 2 is 1.92 bits per heavy atom. The zero-order valence-corrected chi connectivity index (χ0v) is 23.1. The number of benzene rings is 1. The normalized spacial score (nSPS) is 22.8. The van der Waals surface area contributed by atoms with Crippen molar-refractivity contribution in [2.24, 2.45) is 15.8 Å². The monoisotopic (exact) mass is 533 g/mol. The van der Waals surface area contributed by atoms with Crippen LogP contribution in [-0.2, 0) is 24.4 Å². The third kappa shape index (κ3) is 7.53. The summed E-state index contributed by atoms with van der Waals surface area (Å²) in [7, 11) is 0. The fourth-order valence-electron chi connectivity index (χ4n) is 4.71. The number of hydrogen-bond donors (Lipinski definition) is 2. The van der Waals surface area contributed by atoms with Crippen molar-refractivity contribution >= 4 is 0 Å². The molecule has 3 atom stereocenters. The average molecular weight is 534 g/mol. The molecule has 0 radical (unpaired) electrons. The molecule has 39 heavy (non-hydrogen) atoms. The Kier molecular flexibility index (Phi) is 9.51. The number of aliphatic hydroxyl groups is 2. The summed E-state index contributed by atoms with van der Waals surface area (Å²) in [6.07, 6.45) is 7.28. The van der Waals surface area contributed by atoms with E-state index >= 15 is 0 Å². The van der Waals surface area contributed by atoms with E-state index in [2.05, 4.69) is 26.4 Å². The minimum absolute atomic E-state index is 0.0417. The van der Waals surface area contributed by atoms with Crippen LogP contribution in [0.3, 0.4) is 0 Å². The lowest BCUT2D eigenvalue weighted by atomic mass is 9.75. The minimum Gasteiger partial charge on any atom is -0.508 e. The Hall–Kier alpha value is -3.52. The maximum atomic E-state index is 10.5. The van der Waals surface area contributed by atoms with Crippen LogP contribution in [0.4, 0.5) is 0 Å². The number of nitriles is 1.